The number of nitrogens with one attached hydrogen (secondary N) is 1. The molecular formula is C23H28N2O2S. The van der Waals surface area contributed by atoms with E-state index in [0.717, 1.165) is 37.7 Å². The van der Waals surface area contributed by atoms with Gasteiger partial charge in [-0.25, -0.2) is 0 Å². The van der Waals surface area contributed by atoms with E-state index in [1.807, 2.05) is 25.2 Å². The molecular weight excluding hydrogens is 368 g/mol. The maximum atomic E-state index is 5.92. The second kappa shape index (κ2) is 8.95. The summed E-state index contributed by atoms with van der Waals surface area (Å²) in [4.78, 5) is 2.58. The minimum atomic E-state index is 0.216. The zero-order chi connectivity index (χ0) is 19.3. The highest BCUT2D eigenvalue weighted by Gasteiger charge is 2.27. The van der Waals surface area contributed by atoms with E-state index in [0.29, 0.717) is 13.2 Å². The smallest absolute Gasteiger partial charge is 0.161 e. The Morgan fingerprint density at radius 3 is 2.54 bits per heavy atom. The number of piperazine rings is 1. The summed E-state index contributed by atoms with van der Waals surface area (Å²) in [5.74, 6) is 1.66. The summed E-state index contributed by atoms with van der Waals surface area (Å²) < 4.78 is 13.0. The van der Waals surface area contributed by atoms with Crippen LogP contribution in [0, 0.1) is 0 Å². The summed E-state index contributed by atoms with van der Waals surface area (Å²) in [6.45, 7) is 9.39. The van der Waals surface area contributed by atoms with Crippen molar-refractivity contribution in [1.29, 1.82) is 0 Å². The van der Waals surface area contributed by atoms with Gasteiger partial charge in [0.25, 0.3) is 0 Å². The van der Waals surface area contributed by atoms with Gasteiger partial charge in [0.15, 0.2) is 11.5 Å². The molecule has 2 heterocycles. The third-order valence-corrected chi connectivity index (χ3v) is 6.19. The summed E-state index contributed by atoms with van der Waals surface area (Å²) in [5.41, 5.74) is 2.64. The molecule has 0 spiro atoms. The van der Waals surface area contributed by atoms with Crippen LogP contribution in [-0.4, -0.2) is 44.3 Å². The number of fused-ring (bicyclic) bond motifs is 1. The maximum absolute atomic E-state index is 5.92. The molecule has 0 saturated carbocycles. The quantitative estimate of drug-likeness (QED) is 0.628. The molecule has 0 aliphatic carbocycles. The zero-order valence-corrected chi connectivity index (χ0v) is 17.4. The van der Waals surface area contributed by atoms with E-state index < -0.39 is 0 Å². The van der Waals surface area contributed by atoms with Crippen LogP contribution < -0.4 is 14.8 Å². The van der Waals surface area contributed by atoms with Crippen molar-refractivity contribution in [2.75, 3.05) is 39.4 Å². The highest BCUT2D eigenvalue weighted by atomic mass is 32.1. The minimum Gasteiger partial charge on any atom is -0.490 e. The van der Waals surface area contributed by atoms with Crippen LogP contribution in [0.5, 0.6) is 11.5 Å². The first kappa shape index (κ1) is 19.2. The Bertz CT molecular complexity index is 918. The standard InChI is InChI=1S/C23H28N2O2S/c1-3-26-20-10-9-17(15-21(20)27-4-2)23(25-13-11-24-12-14-25)19-16-28-22-8-6-5-7-18(19)22/h5-10,15-16,23-24H,3-4,11-14H2,1-2H3. The number of ether oxygens (including phenoxy) is 2. The van der Waals surface area contributed by atoms with Gasteiger partial charge in [0.2, 0.25) is 0 Å². The van der Waals surface area contributed by atoms with Gasteiger partial charge in [-0.1, -0.05) is 24.3 Å². The van der Waals surface area contributed by atoms with Crippen LogP contribution in [0.15, 0.2) is 47.8 Å². The van der Waals surface area contributed by atoms with Crippen LogP contribution in [0.2, 0.25) is 0 Å². The largest absolute Gasteiger partial charge is 0.490 e. The molecule has 1 aliphatic heterocycles. The molecule has 1 fully saturated rings. The number of nitrogens with zero attached hydrogens (tertiary/aromatic N) is 1. The zero-order valence-electron chi connectivity index (χ0n) is 16.6. The van der Waals surface area contributed by atoms with E-state index in [4.69, 9.17) is 9.47 Å². The van der Waals surface area contributed by atoms with Crippen molar-refractivity contribution in [2.45, 2.75) is 19.9 Å². The van der Waals surface area contributed by atoms with Gasteiger partial charge in [-0.2, -0.15) is 0 Å². The first-order chi connectivity index (χ1) is 13.8. The Labute approximate surface area is 171 Å². The lowest BCUT2D eigenvalue weighted by Gasteiger charge is -2.35. The number of thiophene rings is 1. The van der Waals surface area contributed by atoms with E-state index in [-0.39, 0.29) is 6.04 Å². The molecule has 1 aromatic heterocycles. The summed E-state index contributed by atoms with van der Waals surface area (Å²) in [6, 6.07) is 15.4. The lowest BCUT2D eigenvalue weighted by Crippen LogP contribution is -2.45. The molecule has 2 aromatic carbocycles. The number of hydrogen-bond donors (Lipinski definition) is 1. The van der Waals surface area contributed by atoms with Gasteiger partial charge in [-0.05, 0) is 53.9 Å². The molecule has 1 atom stereocenters. The van der Waals surface area contributed by atoms with Gasteiger partial charge in [-0.3, -0.25) is 4.90 Å². The lowest BCUT2D eigenvalue weighted by molar-refractivity contribution is 0.199. The van der Waals surface area contributed by atoms with Gasteiger partial charge in [-0.15, -0.1) is 11.3 Å². The normalized spacial score (nSPS) is 16.2. The van der Waals surface area contributed by atoms with Crippen molar-refractivity contribution in [3.05, 3.63) is 59.0 Å². The second-order valence-corrected chi connectivity index (χ2v) is 7.86. The molecule has 5 heteroatoms. The predicted octanol–water partition coefficient (Wildman–Crippen LogP) is 4.69. The minimum absolute atomic E-state index is 0.216. The molecule has 1 unspecified atom stereocenters. The van der Waals surface area contributed by atoms with E-state index in [1.54, 1.807) is 0 Å². The summed E-state index contributed by atoms with van der Waals surface area (Å²) in [6.07, 6.45) is 0. The fourth-order valence-corrected chi connectivity index (χ4v) is 4.96. The lowest BCUT2D eigenvalue weighted by atomic mass is 9.95. The molecule has 1 saturated heterocycles. The summed E-state index contributed by atoms with van der Waals surface area (Å²) >= 11 is 1.83. The van der Waals surface area contributed by atoms with Gasteiger partial charge < -0.3 is 14.8 Å². The number of benzene rings is 2. The van der Waals surface area contributed by atoms with Crippen molar-refractivity contribution < 1.29 is 9.47 Å². The molecule has 148 valence electrons. The highest BCUT2D eigenvalue weighted by Crippen LogP contribution is 2.40. The monoisotopic (exact) mass is 396 g/mol. The Morgan fingerprint density at radius 1 is 1.00 bits per heavy atom. The SMILES string of the molecule is CCOc1ccc(C(c2csc3ccccc23)N2CCNCC2)cc1OCC. The molecule has 0 bridgehead atoms. The molecule has 0 radical (unpaired) electrons. The van der Waals surface area contributed by atoms with Crippen LogP contribution in [0.3, 0.4) is 0 Å². The predicted molar refractivity (Wildman–Crippen MR) is 117 cm³/mol. The Balaban J connectivity index is 1.80. The molecule has 4 rings (SSSR count). The fourth-order valence-electron chi connectivity index (χ4n) is 3.98. The third kappa shape index (κ3) is 3.88. The van der Waals surface area contributed by atoms with Crippen LogP contribution in [-0.2, 0) is 0 Å². The van der Waals surface area contributed by atoms with Crippen molar-refractivity contribution in [2.24, 2.45) is 0 Å². The summed E-state index contributed by atoms with van der Waals surface area (Å²) in [5, 5.41) is 7.15. The van der Waals surface area contributed by atoms with Crippen molar-refractivity contribution in [3.63, 3.8) is 0 Å². The van der Waals surface area contributed by atoms with Gasteiger partial charge >= 0.3 is 0 Å². The average Bonchev–Trinajstić information content (AvgIpc) is 3.15. The molecule has 4 nitrogen and oxygen atoms in total. The van der Waals surface area contributed by atoms with Crippen LogP contribution >= 0.6 is 11.3 Å². The molecule has 0 amide bonds. The molecule has 28 heavy (non-hydrogen) atoms. The van der Waals surface area contributed by atoms with E-state index >= 15 is 0 Å². The molecule has 3 aromatic rings. The van der Waals surface area contributed by atoms with E-state index in [9.17, 15) is 0 Å². The van der Waals surface area contributed by atoms with Gasteiger partial charge in [0.1, 0.15) is 0 Å². The highest BCUT2D eigenvalue weighted by molar-refractivity contribution is 7.17. The first-order valence-electron chi connectivity index (χ1n) is 10.1. The molecule has 1 N–H and O–H groups in total. The van der Waals surface area contributed by atoms with Crippen molar-refractivity contribution in [3.8, 4) is 11.5 Å². The van der Waals surface area contributed by atoms with Crippen LogP contribution in [0.25, 0.3) is 10.1 Å². The van der Waals surface area contributed by atoms with Crippen molar-refractivity contribution >= 4 is 21.4 Å². The maximum Gasteiger partial charge on any atom is 0.161 e. The topological polar surface area (TPSA) is 33.7 Å². The molecule has 1 aliphatic rings. The van der Waals surface area contributed by atoms with E-state index in [1.165, 1.54) is 21.2 Å². The Morgan fingerprint density at radius 2 is 1.75 bits per heavy atom. The van der Waals surface area contributed by atoms with Crippen LogP contribution in [0.4, 0.5) is 0 Å². The van der Waals surface area contributed by atoms with Gasteiger partial charge in [0, 0.05) is 30.9 Å². The number of hydrogen-bond acceptors (Lipinski definition) is 5. The van der Waals surface area contributed by atoms with Gasteiger partial charge in [0.05, 0.1) is 19.3 Å². The third-order valence-electron chi connectivity index (χ3n) is 5.21. The Kier molecular flexibility index (Phi) is 6.15. The van der Waals surface area contributed by atoms with Crippen LogP contribution in [0.1, 0.15) is 31.0 Å². The van der Waals surface area contributed by atoms with E-state index in [2.05, 4.69) is 58.1 Å². The average molecular weight is 397 g/mol. The number of rotatable bonds is 7. The second-order valence-electron chi connectivity index (χ2n) is 6.95. The van der Waals surface area contributed by atoms with Crippen molar-refractivity contribution in [1.82, 2.24) is 10.2 Å². The Hall–Kier alpha value is -2.08. The first-order valence-corrected chi connectivity index (χ1v) is 11.0. The fraction of sp³-hybridized carbons (Fsp3) is 0.391. The summed E-state index contributed by atoms with van der Waals surface area (Å²) in [7, 11) is 0.